The van der Waals surface area contributed by atoms with Crippen molar-refractivity contribution in [1.29, 1.82) is 0 Å². The molecule has 1 aromatic heterocycles. The molecule has 0 saturated heterocycles. The van der Waals surface area contributed by atoms with E-state index >= 15 is 0 Å². The molecule has 2 aliphatic rings. The van der Waals surface area contributed by atoms with E-state index in [2.05, 4.69) is 15.3 Å². The molecule has 1 spiro atoms. The monoisotopic (exact) mass is 675 g/mol. The number of imidazole rings is 1. The van der Waals surface area contributed by atoms with Crippen molar-refractivity contribution in [3.8, 4) is 28.7 Å². The zero-order valence-corrected chi connectivity index (χ0v) is 27.6. The summed E-state index contributed by atoms with van der Waals surface area (Å²) in [6.07, 6.45) is -0.522. The first kappa shape index (κ1) is 32.7. The van der Waals surface area contributed by atoms with E-state index in [0.29, 0.717) is 11.4 Å². The highest BCUT2D eigenvalue weighted by molar-refractivity contribution is 6.35. The van der Waals surface area contributed by atoms with Gasteiger partial charge in [-0.15, -0.1) is 0 Å². The second kappa shape index (κ2) is 12.4. The predicted molar refractivity (Wildman–Crippen MR) is 175 cm³/mol. The molecular weight excluding hydrogens is 642 g/mol. The number of fused-ring (bicyclic) bond motifs is 2. The SMILES string of the molecule is COc1cc(C(CC(=O)NC(C)c2nc3ccccc3[nH]2)C2=C(O)C3(Oc4c(Cl)c(OC)cc(OC)c4C3=O)C(C)CC2=O)ccc1O. The lowest BCUT2D eigenvalue weighted by atomic mass is 9.69. The number of carbonyl (C=O) groups excluding carboxylic acids is 3. The molecule has 4 aromatic rings. The lowest BCUT2D eigenvalue weighted by Crippen LogP contribution is -2.53. The van der Waals surface area contributed by atoms with Gasteiger partial charge in [-0.25, -0.2) is 4.98 Å². The Morgan fingerprint density at radius 3 is 2.48 bits per heavy atom. The zero-order chi connectivity index (χ0) is 34.5. The number of carbonyl (C=O) groups is 3. The summed E-state index contributed by atoms with van der Waals surface area (Å²) in [7, 11) is 4.13. The van der Waals surface area contributed by atoms with Gasteiger partial charge >= 0.3 is 0 Å². The first-order chi connectivity index (χ1) is 22.9. The van der Waals surface area contributed by atoms with Crippen LogP contribution >= 0.6 is 11.6 Å². The summed E-state index contributed by atoms with van der Waals surface area (Å²) < 4.78 is 22.4. The molecular formula is C35H34ClN3O9. The number of aromatic amines is 1. The Hall–Kier alpha value is -5.23. The molecule has 6 rings (SSSR count). The van der Waals surface area contributed by atoms with E-state index in [1.54, 1.807) is 13.8 Å². The summed E-state index contributed by atoms with van der Waals surface area (Å²) in [5.41, 5.74) is -0.322. The van der Waals surface area contributed by atoms with Gasteiger partial charge in [-0.05, 0) is 36.8 Å². The lowest BCUT2D eigenvalue weighted by Gasteiger charge is -2.38. The molecule has 1 aliphatic carbocycles. The maximum absolute atomic E-state index is 14.3. The van der Waals surface area contributed by atoms with Gasteiger partial charge in [0.05, 0.1) is 38.4 Å². The van der Waals surface area contributed by atoms with Crippen molar-refractivity contribution < 1.29 is 43.5 Å². The second-order valence-corrected chi connectivity index (χ2v) is 12.3. The summed E-state index contributed by atoms with van der Waals surface area (Å²) in [5, 5.41) is 25.4. The van der Waals surface area contributed by atoms with Crippen molar-refractivity contribution in [2.75, 3.05) is 21.3 Å². The lowest BCUT2D eigenvalue weighted by molar-refractivity contribution is -0.122. The van der Waals surface area contributed by atoms with E-state index in [1.807, 2.05) is 24.3 Å². The first-order valence-electron chi connectivity index (χ1n) is 15.2. The quantitative estimate of drug-likeness (QED) is 0.172. The van der Waals surface area contributed by atoms with Gasteiger partial charge in [0.2, 0.25) is 17.3 Å². The van der Waals surface area contributed by atoms with E-state index in [-0.39, 0.29) is 57.7 Å². The van der Waals surface area contributed by atoms with Gasteiger partial charge in [0, 0.05) is 36.3 Å². The van der Waals surface area contributed by atoms with Crippen LogP contribution in [0.3, 0.4) is 0 Å². The Labute approximate surface area is 280 Å². The Bertz CT molecular complexity index is 1970. The van der Waals surface area contributed by atoms with Crippen molar-refractivity contribution in [2.45, 2.75) is 44.2 Å². The number of aromatic nitrogens is 2. The van der Waals surface area contributed by atoms with Crippen molar-refractivity contribution in [3.05, 3.63) is 81.8 Å². The Kier molecular flexibility index (Phi) is 8.46. The minimum atomic E-state index is -2.05. The van der Waals surface area contributed by atoms with Crippen LogP contribution in [0.2, 0.25) is 5.02 Å². The van der Waals surface area contributed by atoms with Crippen LogP contribution in [0.4, 0.5) is 0 Å². The summed E-state index contributed by atoms with van der Waals surface area (Å²) in [6, 6.07) is 12.7. The highest BCUT2D eigenvalue weighted by Gasteiger charge is 2.61. The number of rotatable bonds is 9. The van der Waals surface area contributed by atoms with Crippen molar-refractivity contribution in [2.24, 2.45) is 5.92 Å². The normalized spacial score (nSPS) is 20.0. The Balaban J connectivity index is 1.44. The molecule has 0 fully saturated rings. The summed E-state index contributed by atoms with van der Waals surface area (Å²) in [6.45, 7) is 3.38. The van der Waals surface area contributed by atoms with E-state index in [9.17, 15) is 24.6 Å². The number of hydrogen-bond donors (Lipinski definition) is 4. The number of methoxy groups -OCH3 is 3. The topological polar surface area (TPSA) is 169 Å². The summed E-state index contributed by atoms with van der Waals surface area (Å²) in [5.74, 6) is -3.48. The maximum Gasteiger partial charge on any atom is 0.231 e. The van der Waals surface area contributed by atoms with Crippen molar-refractivity contribution in [1.82, 2.24) is 15.3 Å². The second-order valence-electron chi connectivity index (χ2n) is 11.9. The average Bonchev–Trinajstić information content (AvgIpc) is 3.64. The number of benzene rings is 3. The molecule has 12 nitrogen and oxygen atoms in total. The number of ether oxygens (including phenoxy) is 4. The number of H-pyrrole nitrogens is 1. The van der Waals surface area contributed by atoms with Crippen LogP contribution in [0, 0.1) is 5.92 Å². The number of halogens is 1. The van der Waals surface area contributed by atoms with Crippen LogP contribution in [0.5, 0.6) is 28.7 Å². The van der Waals surface area contributed by atoms with Crippen LogP contribution < -0.4 is 24.3 Å². The molecule has 0 radical (unpaired) electrons. The molecule has 4 unspecified atom stereocenters. The van der Waals surface area contributed by atoms with Crippen molar-refractivity contribution >= 4 is 40.1 Å². The molecule has 2 heterocycles. The number of aromatic hydroxyl groups is 1. The predicted octanol–water partition coefficient (Wildman–Crippen LogP) is 5.73. The number of aliphatic hydroxyl groups excluding tert-OH is 1. The number of Topliss-reactive ketones (excluding diaryl/α,β-unsaturated/α-hetero) is 2. The number of phenolic OH excluding ortho intramolecular Hbond substituents is 1. The van der Waals surface area contributed by atoms with Gasteiger partial charge < -0.3 is 39.5 Å². The third-order valence-electron chi connectivity index (χ3n) is 9.05. The van der Waals surface area contributed by atoms with E-state index in [4.69, 9.17) is 30.5 Å². The number of aliphatic hydroxyl groups is 1. The number of amides is 1. The number of allylic oxidation sites excluding steroid dienone is 1. The number of ketones is 2. The van der Waals surface area contributed by atoms with Gasteiger partial charge in [0.1, 0.15) is 27.9 Å². The van der Waals surface area contributed by atoms with Crippen LogP contribution in [-0.2, 0) is 9.59 Å². The largest absolute Gasteiger partial charge is 0.507 e. The molecule has 4 atom stereocenters. The van der Waals surface area contributed by atoms with Crippen molar-refractivity contribution in [3.63, 3.8) is 0 Å². The molecule has 3 aromatic carbocycles. The number of nitrogens with zero attached hydrogens (tertiary/aromatic N) is 1. The maximum atomic E-state index is 14.3. The fourth-order valence-corrected chi connectivity index (χ4v) is 6.83. The minimum absolute atomic E-state index is 0.00394. The van der Waals surface area contributed by atoms with E-state index in [0.717, 1.165) is 11.0 Å². The van der Waals surface area contributed by atoms with Crippen LogP contribution in [0.25, 0.3) is 11.0 Å². The van der Waals surface area contributed by atoms with Crippen LogP contribution in [0.15, 0.2) is 59.9 Å². The third-order valence-corrected chi connectivity index (χ3v) is 9.41. The highest BCUT2D eigenvalue weighted by atomic mass is 35.5. The van der Waals surface area contributed by atoms with Gasteiger partial charge in [0.15, 0.2) is 28.8 Å². The van der Waals surface area contributed by atoms with E-state index < -0.39 is 46.7 Å². The van der Waals surface area contributed by atoms with Crippen LogP contribution in [0.1, 0.15) is 60.4 Å². The number of phenols is 1. The minimum Gasteiger partial charge on any atom is -0.507 e. The van der Waals surface area contributed by atoms with Gasteiger partial charge in [-0.1, -0.05) is 36.7 Å². The third kappa shape index (κ3) is 5.16. The average molecular weight is 676 g/mol. The Morgan fingerprint density at radius 2 is 1.79 bits per heavy atom. The number of nitrogens with one attached hydrogen (secondary N) is 2. The summed E-state index contributed by atoms with van der Waals surface area (Å²) >= 11 is 6.59. The molecule has 1 aliphatic heterocycles. The molecule has 4 N–H and O–H groups in total. The van der Waals surface area contributed by atoms with Gasteiger partial charge in [0.25, 0.3) is 0 Å². The highest BCUT2D eigenvalue weighted by Crippen LogP contribution is 2.56. The summed E-state index contributed by atoms with van der Waals surface area (Å²) in [4.78, 5) is 49.7. The van der Waals surface area contributed by atoms with Crippen LogP contribution in [-0.4, -0.2) is 64.6 Å². The molecule has 0 bridgehead atoms. The molecule has 48 heavy (non-hydrogen) atoms. The number of hydrogen-bond acceptors (Lipinski definition) is 10. The van der Waals surface area contributed by atoms with E-state index in [1.165, 1.54) is 45.6 Å². The Morgan fingerprint density at radius 1 is 1.08 bits per heavy atom. The van der Waals surface area contributed by atoms with Gasteiger partial charge in [-0.2, -0.15) is 0 Å². The fraction of sp³-hybridized carbons (Fsp3) is 0.314. The molecule has 250 valence electrons. The number of para-hydroxylation sites is 2. The fourth-order valence-electron chi connectivity index (χ4n) is 6.57. The molecule has 13 heteroatoms. The first-order valence-corrected chi connectivity index (χ1v) is 15.6. The zero-order valence-electron chi connectivity index (χ0n) is 26.8. The molecule has 0 saturated carbocycles. The smallest absolute Gasteiger partial charge is 0.231 e. The molecule has 1 amide bonds. The van der Waals surface area contributed by atoms with Gasteiger partial charge in [-0.3, -0.25) is 14.4 Å². The standard InChI is InChI=1S/C35H34ClN3O9/c1-16-12-23(41)28(32(43)35(16)33(44)29-25(46-4)15-26(47-5)30(36)31(29)48-35)19(18-10-11-22(40)24(13-18)45-3)14-27(42)37-17(2)34-38-20-8-6-7-9-21(20)39-34/h6-11,13,15-17,19,40,43H,12,14H2,1-5H3,(H,37,42)(H,38,39).